The van der Waals surface area contributed by atoms with Crippen LogP contribution in [0.1, 0.15) is 46.5 Å². The van der Waals surface area contributed by atoms with Gasteiger partial charge in [-0.05, 0) is 48.5 Å². The van der Waals surface area contributed by atoms with Crippen molar-refractivity contribution in [3.05, 3.63) is 42.5 Å². The number of ether oxygens (including phenoxy) is 1. The molecule has 1 aliphatic carbocycles. The molecule has 0 aromatic heterocycles. The number of amides is 1. The molecule has 138 valence electrons. The summed E-state index contributed by atoms with van der Waals surface area (Å²) in [7, 11) is 0. The second kappa shape index (κ2) is 7.90. The van der Waals surface area contributed by atoms with E-state index in [1.165, 1.54) is 0 Å². The maximum absolute atomic E-state index is 12.1. The molecular weight excluding hydrogens is 324 g/mol. The highest BCUT2D eigenvalue weighted by molar-refractivity contribution is 5.89. The Bertz CT molecular complexity index is 790. The van der Waals surface area contributed by atoms with Gasteiger partial charge >= 0.3 is 0 Å². The van der Waals surface area contributed by atoms with Crippen molar-refractivity contribution >= 4 is 22.4 Å². The average molecular weight is 352 g/mol. The third-order valence-electron chi connectivity index (χ3n) is 5.23. The second-order valence-electron chi connectivity index (χ2n) is 8.12. The van der Waals surface area contributed by atoms with Crippen LogP contribution in [-0.2, 0) is 4.79 Å². The molecule has 0 aliphatic heterocycles. The topological polar surface area (TPSA) is 50.7 Å². The number of benzene rings is 2. The molecule has 26 heavy (non-hydrogen) atoms. The van der Waals surface area contributed by atoms with Crippen LogP contribution in [0.25, 0.3) is 10.8 Å². The van der Waals surface area contributed by atoms with E-state index in [1.54, 1.807) is 0 Å². The number of carbonyl (C=O) groups excluding carboxylic acids is 1. The van der Waals surface area contributed by atoms with Crippen molar-refractivity contribution in [2.75, 3.05) is 6.61 Å². The minimum Gasteiger partial charge on any atom is -0.483 e. The maximum atomic E-state index is 12.1. The van der Waals surface area contributed by atoms with Crippen LogP contribution < -0.4 is 10.2 Å². The van der Waals surface area contributed by atoms with Crippen LogP contribution in [0, 0.1) is 11.3 Å². The SMILES string of the molecule is CC(C)(C)C1CCC(=NNC(=O)COc2cccc3ccccc23)CC1. The summed E-state index contributed by atoms with van der Waals surface area (Å²) in [5, 5.41) is 6.42. The Hall–Kier alpha value is -2.36. The Morgan fingerprint density at radius 2 is 1.81 bits per heavy atom. The lowest BCUT2D eigenvalue weighted by molar-refractivity contribution is -0.123. The molecule has 2 aromatic carbocycles. The average Bonchev–Trinajstić information content (AvgIpc) is 2.64. The van der Waals surface area contributed by atoms with Gasteiger partial charge in [-0.3, -0.25) is 4.79 Å². The predicted molar refractivity (Wildman–Crippen MR) is 106 cm³/mol. The van der Waals surface area contributed by atoms with E-state index in [0.717, 1.165) is 53.8 Å². The zero-order valence-corrected chi connectivity index (χ0v) is 15.9. The standard InChI is InChI=1S/C22H28N2O2/c1-22(2,3)17-11-13-18(14-12-17)23-24-21(25)15-26-20-10-6-8-16-7-4-5-9-19(16)20/h4-10,17H,11-15H2,1-3H3,(H,24,25). The lowest BCUT2D eigenvalue weighted by Crippen LogP contribution is -2.29. The first kappa shape index (κ1) is 18.4. The second-order valence-corrected chi connectivity index (χ2v) is 8.12. The summed E-state index contributed by atoms with van der Waals surface area (Å²) < 4.78 is 5.70. The van der Waals surface area contributed by atoms with Gasteiger partial charge in [-0.1, -0.05) is 57.2 Å². The van der Waals surface area contributed by atoms with Gasteiger partial charge in [-0.2, -0.15) is 5.10 Å². The molecular formula is C22H28N2O2. The number of fused-ring (bicyclic) bond motifs is 1. The van der Waals surface area contributed by atoms with Gasteiger partial charge < -0.3 is 4.74 Å². The van der Waals surface area contributed by atoms with Crippen LogP contribution in [0.15, 0.2) is 47.6 Å². The summed E-state index contributed by atoms with van der Waals surface area (Å²) in [5.41, 5.74) is 4.08. The van der Waals surface area contributed by atoms with E-state index in [1.807, 2.05) is 42.5 Å². The number of hydrazone groups is 1. The van der Waals surface area contributed by atoms with Gasteiger partial charge in [0.15, 0.2) is 6.61 Å². The summed E-state index contributed by atoms with van der Waals surface area (Å²) in [4.78, 5) is 12.1. The van der Waals surface area contributed by atoms with Gasteiger partial charge in [0.2, 0.25) is 0 Å². The van der Waals surface area contributed by atoms with E-state index < -0.39 is 0 Å². The molecule has 4 nitrogen and oxygen atoms in total. The molecule has 3 rings (SSSR count). The van der Waals surface area contributed by atoms with E-state index in [9.17, 15) is 4.79 Å². The Kier molecular flexibility index (Phi) is 5.60. The third-order valence-corrected chi connectivity index (χ3v) is 5.23. The fourth-order valence-electron chi connectivity index (χ4n) is 3.57. The van der Waals surface area contributed by atoms with Gasteiger partial charge in [0, 0.05) is 11.1 Å². The van der Waals surface area contributed by atoms with Crippen molar-refractivity contribution in [3.8, 4) is 5.75 Å². The van der Waals surface area contributed by atoms with E-state index >= 15 is 0 Å². The molecule has 1 saturated carbocycles. The van der Waals surface area contributed by atoms with Gasteiger partial charge in [-0.15, -0.1) is 0 Å². The van der Waals surface area contributed by atoms with E-state index in [2.05, 4.69) is 31.3 Å². The number of nitrogens with zero attached hydrogens (tertiary/aromatic N) is 1. The minimum atomic E-state index is -0.219. The Morgan fingerprint density at radius 1 is 1.12 bits per heavy atom. The first-order valence-electron chi connectivity index (χ1n) is 9.38. The Morgan fingerprint density at radius 3 is 2.54 bits per heavy atom. The molecule has 1 fully saturated rings. The lowest BCUT2D eigenvalue weighted by atomic mass is 9.72. The Balaban J connectivity index is 1.50. The first-order valence-corrected chi connectivity index (χ1v) is 9.38. The number of nitrogens with one attached hydrogen (secondary N) is 1. The van der Waals surface area contributed by atoms with E-state index in [-0.39, 0.29) is 12.5 Å². The summed E-state index contributed by atoms with van der Waals surface area (Å²) in [6, 6.07) is 13.8. The zero-order valence-electron chi connectivity index (χ0n) is 15.9. The molecule has 2 aromatic rings. The number of hydrogen-bond donors (Lipinski definition) is 1. The first-order chi connectivity index (χ1) is 12.4. The zero-order chi connectivity index (χ0) is 18.6. The molecule has 0 radical (unpaired) electrons. The highest BCUT2D eigenvalue weighted by Gasteiger charge is 2.28. The van der Waals surface area contributed by atoms with Gasteiger partial charge in [0.1, 0.15) is 5.75 Å². The number of rotatable bonds is 4. The Labute approximate surface area is 155 Å². The normalized spacial score (nSPS) is 17.8. The third kappa shape index (κ3) is 4.63. The van der Waals surface area contributed by atoms with Crippen molar-refractivity contribution < 1.29 is 9.53 Å². The van der Waals surface area contributed by atoms with Crippen molar-refractivity contribution in [3.63, 3.8) is 0 Å². The fourth-order valence-corrected chi connectivity index (χ4v) is 3.57. The molecule has 4 heteroatoms. The summed E-state index contributed by atoms with van der Waals surface area (Å²) in [5.74, 6) is 1.23. The van der Waals surface area contributed by atoms with Crippen LogP contribution in [-0.4, -0.2) is 18.2 Å². The number of carbonyl (C=O) groups is 1. The van der Waals surface area contributed by atoms with Crippen LogP contribution in [0.2, 0.25) is 0 Å². The van der Waals surface area contributed by atoms with E-state index in [0.29, 0.717) is 5.41 Å². The predicted octanol–water partition coefficient (Wildman–Crippen LogP) is 4.93. The maximum Gasteiger partial charge on any atom is 0.277 e. The fraction of sp³-hybridized carbons (Fsp3) is 0.455. The quantitative estimate of drug-likeness (QED) is 0.794. The highest BCUT2D eigenvalue weighted by atomic mass is 16.5. The molecule has 1 aliphatic rings. The highest BCUT2D eigenvalue weighted by Crippen LogP contribution is 2.36. The largest absolute Gasteiger partial charge is 0.483 e. The molecule has 0 spiro atoms. The molecule has 0 saturated heterocycles. The summed E-state index contributed by atoms with van der Waals surface area (Å²) >= 11 is 0. The molecule has 1 N–H and O–H groups in total. The van der Waals surface area contributed by atoms with Gasteiger partial charge in [-0.25, -0.2) is 5.43 Å². The van der Waals surface area contributed by atoms with Crippen molar-refractivity contribution in [1.82, 2.24) is 5.43 Å². The molecule has 0 atom stereocenters. The molecule has 0 heterocycles. The summed E-state index contributed by atoms with van der Waals surface area (Å²) in [6.07, 6.45) is 4.22. The van der Waals surface area contributed by atoms with Crippen molar-refractivity contribution in [2.45, 2.75) is 46.5 Å². The van der Waals surface area contributed by atoms with E-state index in [4.69, 9.17) is 4.74 Å². The summed E-state index contributed by atoms with van der Waals surface area (Å²) in [6.45, 7) is 6.86. The van der Waals surface area contributed by atoms with Crippen molar-refractivity contribution in [1.29, 1.82) is 0 Å². The lowest BCUT2D eigenvalue weighted by Gasteiger charge is -2.34. The van der Waals surface area contributed by atoms with Crippen LogP contribution >= 0.6 is 0 Å². The van der Waals surface area contributed by atoms with Crippen LogP contribution in [0.5, 0.6) is 5.75 Å². The monoisotopic (exact) mass is 352 g/mol. The van der Waals surface area contributed by atoms with Crippen LogP contribution in [0.4, 0.5) is 0 Å². The van der Waals surface area contributed by atoms with Crippen LogP contribution in [0.3, 0.4) is 0 Å². The molecule has 0 unspecified atom stereocenters. The minimum absolute atomic E-state index is 0.0323. The van der Waals surface area contributed by atoms with Gasteiger partial charge in [0.05, 0.1) is 0 Å². The molecule has 1 amide bonds. The molecule has 0 bridgehead atoms. The number of hydrogen-bond acceptors (Lipinski definition) is 3. The van der Waals surface area contributed by atoms with Crippen molar-refractivity contribution in [2.24, 2.45) is 16.4 Å². The van der Waals surface area contributed by atoms with Gasteiger partial charge in [0.25, 0.3) is 5.91 Å². The smallest absolute Gasteiger partial charge is 0.277 e.